The summed E-state index contributed by atoms with van der Waals surface area (Å²) in [5, 5.41) is 5.88. The Morgan fingerprint density at radius 1 is 1.12 bits per heavy atom. The molecule has 1 unspecified atom stereocenters. The largest absolute Gasteiger partial charge is 0.416 e. The number of carbonyl (C=O) groups is 2. The molecule has 4 nitrogen and oxygen atoms in total. The molecule has 0 saturated carbocycles. The van der Waals surface area contributed by atoms with Gasteiger partial charge in [0.15, 0.2) is 5.78 Å². The van der Waals surface area contributed by atoms with Crippen LogP contribution >= 0.6 is 11.3 Å². The van der Waals surface area contributed by atoms with Gasteiger partial charge in [-0.2, -0.15) is 13.2 Å². The third-order valence-corrected chi connectivity index (χ3v) is 7.69. The summed E-state index contributed by atoms with van der Waals surface area (Å²) in [7, 11) is 0. The number of benzene rings is 1. The second-order valence-corrected chi connectivity index (χ2v) is 10.9. The second-order valence-electron chi connectivity index (χ2n) is 9.75. The number of amides is 1. The number of hydrogen-bond donors (Lipinski definition) is 2. The SMILES string of the molecule is CC1=C(C(=O)Nc2cccc(C(F)(F)F)c2)C(c2ccc(C(C)(C)C)s2)C2=C(CCCC2=O)N1. The summed E-state index contributed by atoms with van der Waals surface area (Å²) < 4.78 is 39.5. The zero-order valence-corrected chi connectivity index (χ0v) is 20.3. The fraction of sp³-hybridized carbons (Fsp3) is 0.385. The number of halogens is 3. The van der Waals surface area contributed by atoms with E-state index in [0.717, 1.165) is 40.4 Å². The smallest absolute Gasteiger partial charge is 0.362 e. The lowest BCUT2D eigenvalue weighted by Crippen LogP contribution is -2.35. The molecule has 34 heavy (non-hydrogen) atoms. The van der Waals surface area contributed by atoms with Crippen molar-refractivity contribution in [2.45, 2.75) is 64.5 Å². The minimum atomic E-state index is -4.51. The molecule has 0 radical (unpaired) electrons. The summed E-state index contributed by atoms with van der Waals surface area (Å²) in [4.78, 5) is 28.5. The first-order valence-corrected chi connectivity index (χ1v) is 12.0. The number of thiophene rings is 1. The summed E-state index contributed by atoms with van der Waals surface area (Å²) in [5.41, 5.74) is 1.50. The third kappa shape index (κ3) is 4.69. The zero-order chi connectivity index (χ0) is 24.8. The van der Waals surface area contributed by atoms with Crippen LogP contribution in [0.15, 0.2) is 58.9 Å². The number of rotatable bonds is 3. The predicted octanol–water partition coefficient (Wildman–Crippen LogP) is 6.67. The van der Waals surface area contributed by atoms with Crippen molar-refractivity contribution in [2.24, 2.45) is 0 Å². The molecule has 2 aliphatic rings. The van der Waals surface area contributed by atoms with Gasteiger partial charge in [-0.15, -0.1) is 11.3 Å². The molecular formula is C26H27F3N2O2S. The molecule has 2 heterocycles. The predicted molar refractivity (Wildman–Crippen MR) is 128 cm³/mol. The fourth-order valence-electron chi connectivity index (χ4n) is 4.45. The molecule has 8 heteroatoms. The van der Waals surface area contributed by atoms with Gasteiger partial charge in [0.2, 0.25) is 0 Å². The van der Waals surface area contributed by atoms with Crippen LogP contribution in [-0.4, -0.2) is 11.7 Å². The number of Topliss-reactive ketones (excluding diaryl/α,β-unsaturated/α-hetero) is 1. The highest BCUT2D eigenvalue weighted by Gasteiger charge is 2.39. The Bertz CT molecular complexity index is 1220. The van der Waals surface area contributed by atoms with Gasteiger partial charge in [-0.1, -0.05) is 26.8 Å². The Kier molecular flexibility index (Phi) is 6.23. The number of alkyl halides is 3. The summed E-state index contributed by atoms with van der Waals surface area (Å²) in [6, 6.07) is 8.54. The van der Waals surface area contributed by atoms with E-state index in [1.165, 1.54) is 12.1 Å². The lowest BCUT2D eigenvalue weighted by atomic mass is 9.77. The van der Waals surface area contributed by atoms with E-state index < -0.39 is 23.6 Å². The van der Waals surface area contributed by atoms with Crippen molar-refractivity contribution in [2.75, 3.05) is 5.32 Å². The number of anilines is 1. The Morgan fingerprint density at radius 3 is 2.50 bits per heavy atom. The van der Waals surface area contributed by atoms with Crippen molar-refractivity contribution < 1.29 is 22.8 Å². The number of carbonyl (C=O) groups excluding carboxylic acids is 2. The van der Waals surface area contributed by atoms with Crippen molar-refractivity contribution in [1.29, 1.82) is 0 Å². The van der Waals surface area contributed by atoms with Crippen LogP contribution in [-0.2, 0) is 21.2 Å². The fourth-order valence-corrected chi connectivity index (χ4v) is 5.64. The van der Waals surface area contributed by atoms with E-state index >= 15 is 0 Å². The summed E-state index contributed by atoms with van der Waals surface area (Å²) in [6.07, 6.45) is -2.64. The molecule has 2 N–H and O–H groups in total. The van der Waals surface area contributed by atoms with E-state index in [-0.39, 0.29) is 16.9 Å². The van der Waals surface area contributed by atoms with Gasteiger partial charge in [-0.05, 0) is 55.5 Å². The average molecular weight is 489 g/mol. The molecule has 1 aromatic carbocycles. The van der Waals surface area contributed by atoms with Gasteiger partial charge in [0.25, 0.3) is 5.91 Å². The maximum atomic E-state index is 13.5. The number of ketones is 1. The van der Waals surface area contributed by atoms with Crippen LogP contribution in [0.1, 0.15) is 68.2 Å². The van der Waals surface area contributed by atoms with E-state index in [1.54, 1.807) is 18.3 Å². The minimum Gasteiger partial charge on any atom is -0.362 e. The van der Waals surface area contributed by atoms with E-state index in [9.17, 15) is 22.8 Å². The van der Waals surface area contributed by atoms with Gasteiger partial charge in [-0.25, -0.2) is 0 Å². The highest BCUT2D eigenvalue weighted by Crippen LogP contribution is 2.46. The highest BCUT2D eigenvalue weighted by atomic mass is 32.1. The van der Waals surface area contributed by atoms with Crippen molar-refractivity contribution in [3.63, 3.8) is 0 Å². The van der Waals surface area contributed by atoms with E-state index in [2.05, 4.69) is 31.4 Å². The minimum absolute atomic E-state index is 0.00123. The van der Waals surface area contributed by atoms with Crippen molar-refractivity contribution in [3.05, 3.63) is 74.3 Å². The molecule has 0 spiro atoms. The van der Waals surface area contributed by atoms with Crippen LogP contribution in [0.3, 0.4) is 0 Å². The Labute approximate surface area is 200 Å². The summed E-state index contributed by atoms with van der Waals surface area (Å²) in [5.74, 6) is -1.08. The van der Waals surface area contributed by atoms with Crippen molar-refractivity contribution in [3.8, 4) is 0 Å². The van der Waals surface area contributed by atoms with Crippen LogP contribution < -0.4 is 10.6 Å². The first-order valence-electron chi connectivity index (χ1n) is 11.2. The van der Waals surface area contributed by atoms with Crippen LogP contribution in [0.2, 0.25) is 0 Å². The molecule has 1 atom stereocenters. The van der Waals surface area contributed by atoms with Crippen molar-refractivity contribution in [1.82, 2.24) is 5.32 Å². The summed E-state index contributed by atoms with van der Waals surface area (Å²) >= 11 is 1.56. The van der Waals surface area contributed by atoms with E-state index in [1.807, 2.05) is 12.1 Å². The Morgan fingerprint density at radius 2 is 1.85 bits per heavy atom. The molecule has 4 rings (SSSR count). The number of dihydropyridines is 1. The zero-order valence-electron chi connectivity index (χ0n) is 19.5. The number of nitrogens with one attached hydrogen (secondary N) is 2. The molecule has 0 saturated heterocycles. The molecule has 1 amide bonds. The Hall–Kier alpha value is -2.87. The van der Waals surface area contributed by atoms with Crippen LogP contribution in [0, 0.1) is 0 Å². The van der Waals surface area contributed by atoms with Gasteiger partial charge < -0.3 is 10.6 Å². The van der Waals surface area contributed by atoms with E-state index in [0.29, 0.717) is 23.3 Å². The maximum Gasteiger partial charge on any atom is 0.416 e. The molecule has 1 aromatic heterocycles. The maximum absolute atomic E-state index is 13.5. The first-order chi connectivity index (χ1) is 15.9. The van der Waals surface area contributed by atoms with Crippen LogP contribution in [0.5, 0.6) is 0 Å². The quantitative estimate of drug-likeness (QED) is 0.507. The molecule has 180 valence electrons. The topological polar surface area (TPSA) is 58.2 Å². The van der Waals surface area contributed by atoms with Crippen LogP contribution in [0.4, 0.5) is 18.9 Å². The first kappa shape index (κ1) is 24.3. The molecular weight excluding hydrogens is 461 g/mol. The number of hydrogen-bond acceptors (Lipinski definition) is 4. The number of allylic oxidation sites excluding steroid dienone is 3. The van der Waals surface area contributed by atoms with Crippen molar-refractivity contribution >= 4 is 28.7 Å². The molecule has 1 aliphatic heterocycles. The van der Waals surface area contributed by atoms with Gasteiger partial charge in [0.05, 0.1) is 11.5 Å². The van der Waals surface area contributed by atoms with Gasteiger partial charge in [0, 0.05) is 44.4 Å². The second kappa shape index (κ2) is 8.73. The van der Waals surface area contributed by atoms with Crippen LogP contribution in [0.25, 0.3) is 0 Å². The Balaban J connectivity index is 1.76. The molecule has 0 bridgehead atoms. The lowest BCUT2D eigenvalue weighted by molar-refractivity contribution is -0.137. The normalized spacial score (nSPS) is 19.1. The standard InChI is InChI=1S/C26H27F3N2O2S/c1-14-21(24(33)31-16-8-5-7-15(13-16)26(27,28)29)23(19-11-12-20(34-19)25(2,3)4)22-17(30-14)9-6-10-18(22)32/h5,7-8,11-13,23,30H,6,9-10H2,1-4H3,(H,31,33). The summed E-state index contributed by atoms with van der Waals surface area (Å²) in [6.45, 7) is 8.08. The van der Waals surface area contributed by atoms with Gasteiger partial charge in [0.1, 0.15) is 0 Å². The van der Waals surface area contributed by atoms with Gasteiger partial charge >= 0.3 is 6.18 Å². The molecule has 0 fully saturated rings. The molecule has 2 aromatic rings. The highest BCUT2D eigenvalue weighted by molar-refractivity contribution is 7.12. The average Bonchev–Trinajstić information content (AvgIpc) is 3.23. The lowest BCUT2D eigenvalue weighted by Gasteiger charge is -2.34. The van der Waals surface area contributed by atoms with Gasteiger partial charge in [-0.3, -0.25) is 9.59 Å². The third-order valence-electron chi connectivity index (χ3n) is 6.12. The van der Waals surface area contributed by atoms with E-state index in [4.69, 9.17) is 0 Å². The monoisotopic (exact) mass is 488 g/mol. The molecule has 1 aliphatic carbocycles.